The van der Waals surface area contributed by atoms with Crippen LogP contribution in [-0.4, -0.2) is 5.11 Å². The van der Waals surface area contributed by atoms with Crippen molar-refractivity contribution in [2.45, 2.75) is 44.1 Å². The first-order chi connectivity index (χ1) is 7.31. The van der Waals surface area contributed by atoms with E-state index in [-0.39, 0.29) is 0 Å². The largest absolute Gasteiger partial charge is 0.385 e. The van der Waals surface area contributed by atoms with Crippen molar-refractivity contribution >= 4 is 0 Å². The van der Waals surface area contributed by atoms with Gasteiger partial charge in [0.1, 0.15) is 0 Å². The number of hydrogen-bond donors (Lipinski definition) is 1. The molecule has 1 aromatic rings. The summed E-state index contributed by atoms with van der Waals surface area (Å²) in [5, 5.41) is 10.8. The topological polar surface area (TPSA) is 20.2 Å². The lowest BCUT2D eigenvalue weighted by molar-refractivity contribution is -0.0693. The summed E-state index contributed by atoms with van der Waals surface area (Å²) in [6.45, 7) is 0. The zero-order valence-electron chi connectivity index (χ0n) is 9.08. The van der Waals surface area contributed by atoms with Gasteiger partial charge in [-0.1, -0.05) is 30.7 Å². The molecule has 1 aromatic carbocycles. The lowest BCUT2D eigenvalue weighted by Gasteiger charge is -2.45. The van der Waals surface area contributed by atoms with Crippen LogP contribution in [0.2, 0.25) is 0 Å². The zero-order chi connectivity index (χ0) is 10.3. The second kappa shape index (κ2) is 3.34. The molecule has 1 nitrogen and oxygen atoms in total. The highest BCUT2D eigenvalue weighted by Gasteiger charge is 2.43. The number of aliphatic hydroxyl groups is 1. The molecule has 1 N–H and O–H groups in total. The zero-order valence-corrected chi connectivity index (χ0v) is 9.08. The Morgan fingerprint density at radius 3 is 2.67 bits per heavy atom. The second-order valence-corrected chi connectivity index (χ2v) is 5.06. The summed E-state index contributed by atoms with van der Waals surface area (Å²) < 4.78 is 0. The highest BCUT2D eigenvalue weighted by atomic mass is 16.3. The number of benzene rings is 1. The van der Waals surface area contributed by atoms with Gasteiger partial charge >= 0.3 is 0 Å². The maximum Gasteiger partial charge on any atom is 0.0927 e. The first-order valence-electron chi connectivity index (χ1n) is 6.11. The SMILES string of the molecule is OC1(C2CCC2)CCCc2ccccc21. The first kappa shape index (κ1) is 9.41. The van der Waals surface area contributed by atoms with Gasteiger partial charge in [-0.2, -0.15) is 0 Å². The first-order valence-corrected chi connectivity index (χ1v) is 6.11. The minimum atomic E-state index is -0.493. The Bertz CT molecular complexity index is 367. The molecule has 1 saturated carbocycles. The van der Waals surface area contributed by atoms with E-state index in [0.29, 0.717) is 5.92 Å². The fraction of sp³-hybridized carbons (Fsp3) is 0.571. The Hall–Kier alpha value is -0.820. The van der Waals surface area contributed by atoms with E-state index >= 15 is 0 Å². The Morgan fingerprint density at radius 1 is 1.13 bits per heavy atom. The van der Waals surface area contributed by atoms with Crippen LogP contribution >= 0.6 is 0 Å². The average Bonchev–Trinajstić information content (AvgIpc) is 2.15. The third kappa shape index (κ3) is 1.33. The van der Waals surface area contributed by atoms with E-state index in [0.717, 1.165) is 19.3 Å². The standard InChI is InChI=1S/C14H18O/c15-14(12-7-3-8-12)10-4-6-11-5-1-2-9-13(11)14/h1-2,5,9,12,15H,3-4,6-8,10H2. The molecule has 80 valence electrons. The minimum Gasteiger partial charge on any atom is -0.385 e. The Balaban J connectivity index is 2.04. The van der Waals surface area contributed by atoms with Crippen LogP contribution < -0.4 is 0 Å². The summed E-state index contributed by atoms with van der Waals surface area (Å²) in [4.78, 5) is 0. The van der Waals surface area contributed by atoms with E-state index in [4.69, 9.17) is 0 Å². The lowest BCUT2D eigenvalue weighted by Crippen LogP contribution is -2.41. The number of fused-ring (bicyclic) bond motifs is 1. The predicted octanol–water partition coefficient (Wildman–Crippen LogP) is 3.01. The summed E-state index contributed by atoms with van der Waals surface area (Å²) in [6.07, 6.45) is 6.98. The van der Waals surface area contributed by atoms with Crippen molar-refractivity contribution in [1.82, 2.24) is 0 Å². The fourth-order valence-electron chi connectivity index (χ4n) is 3.15. The number of hydrogen-bond acceptors (Lipinski definition) is 1. The van der Waals surface area contributed by atoms with E-state index in [1.54, 1.807) is 0 Å². The molecule has 3 rings (SSSR count). The number of rotatable bonds is 1. The van der Waals surface area contributed by atoms with E-state index in [1.807, 2.05) is 0 Å². The summed E-state index contributed by atoms with van der Waals surface area (Å²) in [6, 6.07) is 8.46. The third-order valence-electron chi connectivity index (χ3n) is 4.27. The molecule has 1 heteroatoms. The predicted molar refractivity (Wildman–Crippen MR) is 60.6 cm³/mol. The van der Waals surface area contributed by atoms with Gasteiger partial charge in [-0.05, 0) is 49.1 Å². The van der Waals surface area contributed by atoms with Gasteiger partial charge in [-0.3, -0.25) is 0 Å². The molecule has 2 aliphatic carbocycles. The molecule has 0 heterocycles. The fourth-order valence-corrected chi connectivity index (χ4v) is 3.15. The Kier molecular flexibility index (Phi) is 2.10. The van der Waals surface area contributed by atoms with Gasteiger partial charge in [-0.25, -0.2) is 0 Å². The molecule has 0 spiro atoms. The van der Waals surface area contributed by atoms with Crippen LogP contribution in [0.15, 0.2) is 24.3 Å². The molecular weight excluding hydrogens is 184 g/mol. The highest BCUT2D eigenvalue weighted by molar-refractivity contribution is 5.35. The van der Waals surface area contributed by atoms with E-state index in [9.17, 15) is 5.11 Å². The smallest absolute Gasteiger partial charge is 0.0927 e. The van der Waals surface area contributed by atoms with Gasteiger partial charge in [-0.15, -0.1) is 0 Å². The van der Waals surface area contributed by atoms with Gasteiger partial charge in [0.05, 0.1) is 5.60 Å². The molecule has 1 atom stereocenters. The molecule has 15 heavy (non-hydrogen) atoms. The molecule has 0 bridgehead atoms. The van der Waals surface area contributed by atoms with Gasteiger partial charge < -0.3 is 5.11 Å². The monoisotopic (exact) mass is 202 g/mol. The quantitative estimate of drug-likeness (QED) is 0.742. The maximum atomic E-state index is 10.8. The van der Waals surface area contributed by atoms with Gasteiger partial charge in [0, 0.05) is 0 Å². The van der Waals surface area contributed by atoms with Crippen LogP contribution in [0.4, 0.5) is 0 Å². The van der Waals surface area contributed by atoms with Gasteiger partial charge in [0.25, 0.3) is 0 Å². The van der Waals surface area contributed by atoms with E-state index in [2.05, 4.69) is 24.3 Å². The van der Waals surface area contributed by atoms with Crippen LogP contribution in [0.1, 0.15) is 43.2 Å². The van der Waals surface area contributed by atoms with Crippen LogP contribution in [0.25, 0.3) is 0 Å². The summed E-state index contributed by atoms with van der Waals surface area (Å²) in [5.74, 6) is 0.527. The molecule has 0 aliphatic heterocycles. The summed E-state index contributed by atoms with van der Waals surface area (Å²) in [7, 11) is 0. The molecule has 0 aromatic heterocycles. The van der Waals surface area contributed by atoms with Crippen molar-refractivity contribution in [3.8, 4) is 0 Å². The summed E-state index contributed by atoms with van der Waals surface area (Å²) >= 11 is 0. The normalized spacial score (nSPS) is 30.7. The molecule has 0 radical (unpaired) electrons. The van der Waals surface area contributed by atoms with Crippen molar-refractivity contribution in [1.29, 1.82) is 0 Å². The molecule has 1 unspecified atom stereocenters. The van der Waals surface area contributed by atoms with Crippen LogP contribution in [0.3, 0.4) is 0 Å². The van der Waals surface area contributed by atoms with Crippen LogP contribution in [-0.2, 0) is 12.0 Å². The van der Waals surface area contributed by atoms with Gasteiger partial charge in [0.15, 0.2) is 0 Å². The van der Waals surface area contributed by atoms with E-state index < -0.39 is 5.60 Å². The number of aryl methyl sites for hydroxylation is 1. The maximum absolute atomic E-state index is 10.8. The molecule has 0 amide bonds. The van der Waals surface area contributed by atoms with Crippen molar-refractivity contribution in [3.63, 3.8) is 0 Å². The van der Waals surface area contributed by atoms with Crippen molar-refractivity contribution < 1.29 is 5.11 Å². The Labute approximate surface area is 91.1 Å². The lowest BCUT2D eigenvalue weighted by atomic mass is 9.64. The van der Waals surface area contributed by atoms with Crippen LogP contribution in [0.5, 0.6) is 0 Å². The molecule has 1 fully saturated rings. The highest BCUT2D eigenvalue weighted by Crippen LogP contribution is 2.48. The van der Waals surface area contributed by atoms with Crippen molar-refractivity contribution in [2.75, 3.05) is 0 Å². The molecule has 2 aliphatic rings. The van der Waals surface area contributed by atoms with E-state index in [1.165, 1.54) is 30.4 Å². The van der Waals surface area contributed by atoms with Gasteiger partial charge in [0.2, 0.25) is 0 Å². The second-order valence-electron chi connectivity index (χ2n) is 5.06. The van der Waals surface area contributed by atoms with Crippen molar-refractivity contribution in [2.24, 2.45) is 5.92 Å². The van der Waals surface area contributed by atoms with Crippen LogP contribution in [0, 0.1) is 5.92 Å². The molecular formula is C14H18O. The Morgan fingerprint density at radius 2 is 1.93 bits per heavy atom. The minimum absolute atomic E-state index is 0.493. The summed E-state index contributed by atoms with van der Waals surface area (Å²) in [5.41, 5.74) is 2.10. The average molecular weight is 202 g/mol. The third-order valence-corrected chi connectivity index (χ3v) is 4.27. The molecule has 0 saturated heterocycles. The van der Waals surface area contributed by atoms with Crippen molar-refractivity contribution in [3.05, 3.63) is 35.4 Å².